The van der Waals surface area contributed by atoms with Crippen molar-refractivity contribution in [3.8, 4) is 11.1 Å². The number of aryl methyl sites for hydroxylation is 4. The van der Waals surface area contributed by atoms with Crippen LogP contribution < -0.4 is 10.9 Å². The lowest BCUT2D eigenvalue weighted by molar-refractivity contribution is -0.137. The minimum absolute atomic E-state index is 0.0756. The molecule has 1 fully saturated rings. The molecule has 2 N–H and O–H groups in total. The van der Waals surface area contributed by atoms with Crippen LogP contribution in [0.4, 0.5) is 4.39 Å². The lowest BCUT2D eigenvalue weighted by atomic mass is 9.86. The second kappa shape index (κ2) is 15.3. The predicted molar refractivity (Wildman–Crippen MR) is 180 cm³/mol. The van der Waals surface area contributed by atoms with E-state index in [-0.39, 0.29) is 23.8 Å². The number of carboxylic acid groups (broad SMARTS) is 1. The Bertz CT molecular complexity index is 1520. The molecule has 1 saturated heterocycles. The van der Waals surface area contributed by atoms with Crippen LogP contribution in [0.1, 0.15) is 85.5 Å². The molecule has 2 aromatic carbocycles. The molecule has 0 spiro atoms. The van der Waals surface area contributed by atoms with Crippen molar-refractivity contribution in [1.29, 1.82) is 0 Å². The van der Waals surface area contributed by atoms with Gasteiger partial charge in [-0.25, -0.2) is 9.07 Å². The zero-order valence-corrected chi connectivity index (χ0v) is 28.1. The van der Waals surface area contributed by atoms with E-state index in [1.807, 2.05) is 57.2 Å². The second-order valence-corrected chi connectivity index (χ2v) is 13.7. The van der Waals surface area contributed by atoms with Crippen molar-refractivity contribution in [1.82, 2.24) is 20.0 Å². The first kappa shape index (κ1) is 34.5. The summed E-state index contributed by atoms with van der Waals surface area (Å²) in [6, 6.07) is 11.5. The van der Waals surface area contributed by atoms with Gasteiger partial charge in [0.05, 0.1) is 18.2 Å². The molecule has 45 heavy (non-hydrogen) atoms. The summed E-state index contributed by atoms with van der Waals surface area (Å²) in [6.45, 7) is 18.4. The molecule has 2 heterocycles. The first-order chi connectivity index (χ1) is 21.3. The summed E-state index contributed by atoms with van der Waals surface area (Å²) >= 11 is 0. The summed E-state index contributed by atoms with van der Waals surface area (Å²) < 4.78 is 17.3. The number of halogens is 1. The quantitative estimate of drug-likeness (QED) is 0.187. The van der Waals surface area contributed by atoms with Crippen LogP contribution in [0.3, 0.4) is 0 Å². The number of hydrogen-bond donors (Lipinski definition) is 2. The molecule has 1 aromatic heterocycles. The Labute approximate surface area is 267 Å². The minimum atomic E-state index is -0.956. The van der Waals surface area contributed by atoms with E-state index >= 15 is 4.39 Å². The Kier molecular flexibility index (Phi) is 11.7. The fourth-order valence-corrected chi connectivity index (χ4v) is 6.80. The van der Waals surface area contributed by atoms with Crippen molar-refractivity contribution >= 4 is 5.97 Å². The van der Waals surface area contributed by atoms with Crippen LogP contribution in [0.5, 0.6) is 0 Å². The summed E-state index contributed by atoms with van der Waals surface area (Å²) in [7, 11) is 0. The third-order valence-corrected chi connectivity index (χ3v) is 9.04. The van der Waals surface area contributed by atoms with Gasteiger partial charge in [0, 0.05) is 38.2 Å². The molecule has 8 heteroatoms. The van der Waals surface area contributed by atoms with Crippen LogP contribution in [0.15, 0.2) is 41.2 Å². The zero-order valence-electron chi connectivity index (χ0n) is 28.1. The highest BCUT2D eigenvalue weighted by Gasteiger charge is 2.24. The van der Waals surface area contributed by atoms with E-state index in [4.69, 9.17) is 5.10 Å². The molecule has 1 aliphatic rings. The number of rotatable bonds is 15. The van der Waals surface area contributed by atoms with Crippen LogP contribution in [-0.4, -0.2) is 58.5 Å². The van der Waals surface area contributed by atoms with Gasteiger partial charge in [0.25, 0.3) is 5.56 Å². The molecule has 0 bridgehead atoms. The molecule has 2 atom stereocenters. The van der Waals surface area contributed by atoms with Crippen LogP contribution in [0.25, 0.3) is 11.1 Å². The highest BCUT2D eigenvalue weighted by atomic mass is 19.1. The van der Waals surface area contributed by atoms with Crippen molar-refractivity contribution < 1.29 is 14.3 Å². The van der Waals surface area contributed by atoms with E-state index < -0.39 is 11.9 Å². The molecule has 4 rings (SSSR count). The topological polar surface area (TPSA) is 87.5 Å². The molecule has 0 radical (unpaired) electrons. The van der Waals surface area contributed by atoms with Gasteiger partial charge in [-0.1, -0.05) is 39.0 Å². The van der Waals surface area contributed by atoms with Gasteiger partial charge < -0.3 is 15.3 Å². The van der Waals surface area contributed by atoms with E-state index in [0.717, 1.165) is 66.3 Å². The first-order valence-corrected chi connectivity index (χ1v) is 16.4. The zero-order chi connectivity index (χ0) is 32.8. The Morgan fingerprint density at radius 3 is 2.38 bits per heavy atom. The van der Waals surface area contributed by atoms with Gasteiger partial charge in [0.15, 0.2) is 0 Å². The van der Waals surface area contributed by atoms with Crippen LogP contribution in [0.2, 0.25) is 0 Å². The molecule has 1 aliphatic heterocycles. The summed E-state index contributed by atoms with van der Waals surface area (Å²) in [6.07, 6.45) is 1.86. The van der Waals surface area contributed by atoms with E-state index in [1.165, 1.54) is 0 Å². The number of hydrogen-bond acceptors (Lipinski definition) is 5. The summed E-state index contributed by atoms with van der Waals surface area (Å²) in [5.74, 6) is -0.710. The molecule has 0 unspecified atom stereocenters. The fraction of sp³-hybridized carbons (Fsp3) is 0.541. The van der Waals surface area contributed by atoms with Gasteiger partial charge in [0.2, 0.25) is 0 Å². The number of nitrogens with one attached hydrogen (secondary N) is 1. The van der Waals surface area contributed by atoms with Gasteiger partial charge in [-0.15, -0.1) is 0 Å². The second-order valence-electron chi connectivity index (χ2n) is 13.7. The number of aliphatic carboxylic acids is 1. The third kappa shape index (κ3) is 8.88. The van der Waals surface area contributed by atoms with Crippen LogP contribution >= 0.6 is 0 Å². The average molecular weight is 619 g/mol. The summed E-state index contributed by atoms with van der Waals surface area (Å²) in [4.78, 5) is 27.6. The molecular formula is C37H51FN4O3. The fourth-order valence-electron chi connectivity index (χ4n) is 6.80. The molecular weight excluding hydrogens is 567 g/mol. The van der Waals surface area contributed by atoms with Crippen LogP contribution in [0, 0.1) is 45.3 Å². The highest BCUT2D eigenvalue weighted by Crippen LogP contribution is 2.35. The number of benzene rings is 2. The largest absolute Gasteiger partial charge is 0.481 e. The standard InChI is InChI=1S/C37H51FN4O3/c1-23(2)15-32(42-37(45)28(7)17-31(40-42)12-14-41-21-24(3)22-41)20-39-13-11-29(19-34(43)44)33-18-30(16-27(6)36(33)38)35-25(4)9-8-10-26(35)5/h8-10,16-18,23-24,29,32,39H,11-15,19-22H2,1-7H3,(H,43,44)/t29-,32-/m0/s1. The number of likely N-dealkylation sites (tertiary alicyclic amines) is 1. The Morgan fingerprint density at radius 2 is 1.76 bits per heavy atom. The molecule has 0 amide bonds. The van der Waals surface area contributed by atoms with E-state index in [0.29, 0.717) is 42.1 Å². The molecule has 7 nitrogen and oxygen atoms in total. The van der Waals surface area contributed by atoms with E-state index in [9.17, 15) is 14.7 Å². The molecule has 0 aliphatic carbocycles. The number of nitrogens with zero attached hydrogens (tertiary/aromatic N) is 3. The van der Waals surface area contributed by atoms with Crippen molar-refractivity contribution in [3.63, 3.8) is 0 Å². The van der Waals surface area contributed by atoms with Gasteiger partial charge in [-0.2, -0.15) is 5.10 Å². The highest BCUT2D eigenvalue weighted by molar-refractivity contribution is 5.73. The maximum Gasteiger partial charge on any atom is 0.303 e. The Balaban J connectivity index is 1.51. The van der Waals surface area contributed by atoms with Gasteiger partial charge in [-0.3, -0.25) is 9.59 Å². The number of carboxylic acids is 1. The smallest absolute Gasteiger partial charge is 0.303 e. The normalized spacial score (nSPS) is 15.3. The van der Waals surface area contributed by atoms with E-state index in [2.05, 4.69) is 31.0 Å². The minimum Gasteiger partial charge on any atom is -0.481 e. The summed E-state index contributed by atoms with van der Waals surface area (Å²) in [5.41, 5.74) is 6.65. The van der Waals surface area contributed by atoms with Crippen molar-refractivity contribution in [2.24, 2.45) is 11.8 Å². The molecule has 0 saturated carbocycles. The average Bonchev–Trinajstić information content (AvgIpc) is 2.94. The maximum absolute atomic E-state index is 15.6. The number of carbonyl (C=O) groups is 1. The Hall–Kier alpha value is -3.36. The summed E-state index contributed by atoms with van der Waals surface area (Å²) in [5, 5.41) is 18.1. The first-order valence-electron chi connectivity index (χ1n) is 16.4. The lowest BCUT2D eigenvalue weighted by Crippen LogP contribution is -2.46. The Morgan fingerprint density at radius 1 is 1.07 bits per heavy atom. The maximum atomic E-state index is 15.6. The molecule has 3 aromatic rings. The van der Waals surface area contributed by atoms with Gasteiger partial charge in [-0.05, 0) is 116 Å². The van der Waals surface area contributed by atoms with Crippen molar-refractivity contribution in [2.45, 2.75) is 86.1 Å². The molecule has 244 valence electrons. The van der Waals surface area contributed by atoms with Crippen molar-refractivity contribution in [2.75, 3.05) is 32.7 Å². The third-order valence-electron chi connectivity index (χ3n) is 9.04. The lowest BCUT2D eigenvalue weighted by Gasteiger charge is -2.37. The number of aromatic nitrogens is 2. The van der Waals surface area contributed by atoms with E-state index in [1.54, 1.807) is 11.6 Å². The SMILES string of the molecule is Cc1cc(-c2c(C)cccc2C)cc([C@@H](CCNC[C@H](CC(C)C)n2nc(CCN3CC(C)C3)cc(C)c2=O)CC(=O)O)c1F. The van der Waals surface area contributed by atoms with Crippen molar-refractivity contribution in [3.05, 3.63) is 86.1 Å². The van der Waals surface area contributed by atoms with Crippen LogP contribution in [-0.2, 0) is 11.2 Å². The van der Waals surface area contributed by atoms with Gasteiger partial charge >= 0.3 is 5.97 Å². The predicted octanol–water partition coefficient (Wildman–Crippen LogP) is 6.60. The van der Waals surface area contributed by atoms with Gasteiger partial charge in [0.1, 0.15) is 5.82 Å². The monoisotopic (exact) mass is 618 g/mol.